The third-order valence-electron chi connectivity index (χ3n) is 2.52. The summed E-state index contributed by atoms with van der Waals surface area (Å²) < 4.78 is 0. The molecule has 1 rings (SSSR count). The van der Waals surface area contributed by atoms with Crippen molar-refractivity contribution >= 4 is 35.4 Å². The van der Waals surface area contributed by atoms with E-state index in [0.717, 1.165) is 0 Å². The van der Waals surface area contributed by atoms with Crippen LogP contribution >= 0.6 is 23.2 Å². The minimum absolute atomic E-state index is 0.149. The lowest BCUT2D eigenvalue weighted by molar-refractivity contribution is 0.0770. The minimum atomic E-state index is -0.274. The first-order valence-electron chi connectivity index (χ1n) is 5.29. The predicted octanol–water partition coefficient (Wildman–Crippen LogP) is 3.29. The van der Waals surface area contributed by atoms with Crippen LogP contribution in [0.25, 0.3) is 0 Å². The van der Waals surface area contributed by atoms with Crippen LogP contribution in [0.3, 0.4) is 0 Å². The highest BCUT2D eigenvalue weighted by Crippen LogP contribution is 2.27. The van der Waals surface area contributed by atoms with E-state index in [1.807, 2.05) is 13.8 Å². The second kappa shape index (κ2) is 6.03. The van der Waals surface area contributed by atoms with E-state index < -0.39 is 0 Å². The van der Waals surface area contributed by atoms with Gasteiger partial charge in [0, 0.05) is 18.7 Å². The Kier molecular flexibility index (Phi) is 4.97. The van der Waals surface area contributed by atoms with Crippen molar-refractivity contribution < 1.29 is 9.59 Å². The number of aldehydes is 1. The molecule has 0 spiro atoms. The average Bonchev–Trinajstić information content (AvgIpc) is 2.33. The summed E-state index contributed by atoms with van der Waals surface area (Å²) in [6.45, 7) is 4.83. The first-order chi connectivity index (χ1) is 8.06. The zero-order chi connectivity index (χ0) is 13.0. The Labute approximate surface area is 110 Å². The summed E-state index contributed by atoms with van der Waals surface area (Å²) in [5.74, 6) is -0.274. The highest BCUT2D eigenvalue weighted by molar-refractivity contribution is 6.38. The Hall–Kier alpha value is -1.06. The van der Waals surface area contributed by atoms with Gasteiger partial charge in [0.25, 0.3) is 5.91 Å². The molecule has 0 aromatic heterocycles. The Morgan fingerprint density at radius 2 is 1.76 bits per heavy atom. The lowest BCUT2D eigenvalue weighted by atomic mass is 10.1. The summed E-state index contributed by atoms with van der Waals surface area (Å²) >= 11 is 11.8. The first-order valence-corrected chi connectivity index (χ1v) is 6.04. The maximum Gasteiger partial charge on any atom is 0.256 e. The molecule has 0 bridgehead atoms. The smallest absolute Gasteiger partial charge is 0.256 e. The maximum atomic E-state index is 12.2. The van der Waals surface area contributed by atoms with Gasteiger partial charge in [-0.25, -0.2) is 0 Å². The lowest BCUT2D eigenvalue weighted by Gasteiger charge is -2.20. The van der Waals surface area contributed by atoms with E-state index in [1.54, 1.807) is 4.90 Å². The average molecular weight is 274 g/mol. The van der Waals surface area contributed by atoms with Gasteiger partial charge in [-0.05, 0) is 26.0 Å². The van der Waals surface area contributed by atoms with Crippen LogP contribution in [0.1, 0.15) is 34.6 Å². The zero-order valence-corrected chi connectivity index (χ0v) is 11.2. The summed E-state index contributed by atoms with van der Waals surface area (Å²) in [7, 11) is 0. The maximum absolute atomic E-state index is 12.2. The fourth-order valence-corrected chi connectivity index (χ4v) is 2.02. The molecule has 0 atom stereocenters. The Morgan fingerprint density at radius 3 is 2.24 bits per heavy atom. The monoisotopic (exact) mass is 273 g/mol. The number of carbonyl (C=O) groups excluding carboxylic acids is 2. The van der Waals surface area contributed by atoms with Gasteiger partial charge in [-0.3, -0.25) is 9.59 Å². The largest absolute Gasteiger partial charge is 0.339 e. The molecule has 1 amide bonds. The van der Waals surface area contributed by atoms with E-state index in [1.165, 1.54) is 12.1 Å². The molecule has 0 aliphatic rings. The van der Waals surface area contributed by atoms with Crippen LogP contribution in [-0.2, 0) is 0 Å². The molecule has 1 aromatic carbocycles. The number of hydrogen-bond donors (Lipinski definition) is 0. The SMILES string of the molecule is CCN(CC)C(=O)c1c(Cl)ccc(Cl)c1C=O. The molecule has 17 heavy (non-hydrogen) atoms. The Morgan fingerprint density at radius 1 is 1.24 bits per heavy atom. The van der Waals surface area contributed by atoms with Crippen molar-refractivity contribution in [2.45, 2.75) is 13.8 Å². The summed E-state index contributed by atoms with van der Waals surface area (Å²) in [6.07, 6.45) is 0.560. The van der Waals surface area contributed by atoms with Crippen LogP contribution in [0, 0.1) is 0 Å². The van der Waals surface area contributed by atoms with Gasteiger partial charge in [-0.15, -0.1) is 0 Å². The first kappa shape index (κ1) is 14.0. The molecule has 0 aliphatic heterocycles. The fourth-order valence-electron chi connectivity index (χ4n) is 1.57. The molecule has 0 saturated carbocycles. The third kappa shape index (κ3) is 2.79. The minimum Gasteiger partial charge on any atom is -0.339 e. The molecule has 0 aliphatic carbocycles. The fraction of sp³-hybridized carbons (Fsp3) is 0.333. The van der Waals surface area contributed by atoms with Crippen molar-refractivity contribution in [3.8, 4) is 0 Å². The number of rotatable bonds is 4. The van der Waals surface area contributed by atoms with E-state index >= 15 is 0 Å². The molecule has 0 saturated heterocycles. The van der Waals surface area contributed by atoms with Gasteiger partial charge in [0.2, 0.25) is 0 Å². The van der Waals surface area contributed by atoms with Gasteiger partial charge in [-0.1, -0.05) is 23.2 Å². The number of amides is 1. The molecule has 0 N–H and O–H groups in total. The molecule has 0 unspecified atom stereocenters. The van der Waals surface area contributed by atoms with Crippen LogP contribution in [0.4, 0.5) is 0 Å². The van der Waals surface area contributed by atoms with Gasteiger partial charge >= 0.3 is 0 Å². The normalized spacial score (nSPS) is 10.1. The molecule has 0 fully saturated rings. The van der Waals surface area contributed by atoms with Gasteiger partial charge in [0.1, 0.15) is 0 Å². The van der Waals surface area contributed by atoms with Gasteiger partial charge in [-0.2, -0.15) is 0 Å². The lowest BCUT2D eigenvalue weighted by Crippen LogP contribution is -2.31. The van der Waals surface area contributed by atoms with Gasteiger partial charge in [0.05, 0.1) is 15.6 Å². The number of halogens is 2. The summed E-state index contributed by atoms with van der Waals surface area (Å²) in [4.78, 5) is 24.8. The molecule has 0 radical (unpaired) electrons. The summed E-state index contributed by atoms with van der Waals surface area (Å²) in [5.41, 5.74) is 0.328. The molecule has 0 heterocycles. The predicted molar refractivity (Wildman–Crippen MR) is 69.1 cm³/mol. The third-order valence-corrected chi connectivity index (χ3v) is 3.17. The van der Waals surface area contributed by atoms with E-state index in [9.17, 15) is 9.59 Å². The van der Waals surface area contributed by atoms with Crippen molar-refractivity contribution in [3.05, 3.63) is 33.3 Å². The summed E-state index contributed by atoms with van der Waals surface area (Å²) in [5, 5.41) is 0.480. The highest BCUT2D eigenvalue weighted by atomic mass is 35.5. The quantitative estimate of drug-likeness (QED) is 0.790. The number of benzene rings is 1. The van der Waals surface area contributed by atoms with Crippen LogP contribution in [-0.4, -0.2) is 30.2 Å². The standard InChI is InChI=1S/C12H13Cl2NO2/c1-3-15(4-2)12(17)11-8(7-16)9(13)5-6-10(11)14/h5-7H,3-4H2,1-2H3. The van der Waals surface area contributed by atoms with Crippen molar-refractivity contribution in [1.82, 2.24) is 4.90 Å². The van der Waals surface area contributed by atoms with Gasteiger partial charge in [0.15, 0.2) is 6.29 Å². The Balaban J connectivity index is 3.34. The second-order valence-electron chi connectivity index (χ2n) is 3.41. The van der Waals surface area contributed by atoms with E-state index in [2.05, 4.69) is 0 Å². The molecule has 92 valence electrons. The van der Waals surface area contributed by atoms with E-state index in [-0.39, 0.29) is 27.1 Å². The van der Waals surface area contributed by atoms with Crippen LogP contribution in [0.15, 0.2) is 12.1 Å². The van der Waals surface area contributed by atoms with Gasteiger partial charge < -0.3 is 4.90 Å². The van der Waals surface area contributed by atoms with E-state index in [0.29, 0.717) is 19.4 Å². The summed E-state index contributed by atoms with van der Waals surface area (Å²) in [6, 6.07) is 3.03. The molecule has 3 nitrogen and oxygen atoms in total. The Bertz CT molecular complexity index is 442. The number of carbonyl (C=O) groups is 2. The zero-order valence-electron chi connectivity index (χ0n) is 9.67. The van der Waals surface area contributed by atoms with E-state index in [4.69, 9.17) is 23.2 Å². The van der Waals surface area contributed by atoms with Crippen molar-refractivity contribution in [3.63, 3.8) is 0 Å². The van der Waals surface area contributed by atoms with Crippen molar-refractivity contribution in [2.75, 3.05) is 13.1 Å². The second-order valence-corrected chi connectivity index (χ2v) is 4.23. The highest BCUT2D eigenvalue weighted by Gasteiger charge is 2.21. The molecular weight excluding hydrogens is 261 g/mol. The molecular formula is C12H13Cl2NO2. The topological polar surface area (TPSA) is 37.4 Å². The number of hydrogen-bond acceptors (Lipinski definition) is 2. The molecule has 5 heteroatoms. The van der Waals surface area contributed by atoms with Crippen molar-refractivity contribution in [2.24, 2.45) is 0 Å². The van der Waals surface area contributed by atoms with Crippen molar-refractivity contribution in [1.29, 1.82) is 0 Å². The van der Waals surface area contributed by atoms with Crippen LogP contribution < -0.4 is 0 Å². The van der Waals surface area contributed by atoms with Crippen LogP contribution in [0.5, 0.6) is 0 Å². The number of nitrogens with zero attached hydrogens (tertiary/aromatic N) is 1. The molecule has 1 aromatic rings. The van der Waals surface area contributed by atoms with Crippen LogP contribution in [0.2, 0.25) is 10.0 Å².